The van der Waals surface area contributed by atoms with Crippen LogP contribution in [0.5, 0.6) is 11.5 Å². The van der Waals surface area contributed by atoms with E-state index in [-0.39, 0.29) is 16.9 Å². The average molecular weight is 507 g/mol. The number of aromatic nitrogens is 2. The summed E-state index contributed by atoms with van der Waals surface area (Å²) in [6, 6.07) is 12.5. The van der Waals surface area contributed by atoms with Crippen molar-refractivity contribution in [3.05, 3.63) is 59.2 Å². The van der Waals surface area contributed by atoms with E-state index in [4.69, 9.17) is 15.2 Å². The van der Waals surface area contributed by atoms with Gasteiger partial charge in [0.25, 0.3) is 5.91 Å². The quantitative estimate of drug-likeness (QED) is 0.289. The summed E-state index contributed by atoms with van der Waals surface area (Å²) in [6.07, 6.45) is 2.30. The Kier molecular flexibility index (Phi) is 6.82. The highest BCUT2D eigenvalue weighted by atomic mass is 32.1. The van der Waals surface area contributed by atoms with Crippen molar-refractivity contribution in [1.29, 1.82) is 0 Å². The van der Waals surface area contributed by atoms with Gasteiger partial charge in [-0.3, -0.25) is 14.6 Å². The lowest BCUT2D eigenvalue weighted by Crippen LogP contribution is -2.39. The molecule has 4 aromatic rings. The summed E-state index contributed by atoms with van der Waals surface area (Å²) in [5, 5.41) is 12.1. The Hall–Kier alpha value is -3.60. The number of nitrogens with two attached hydrogens (primary N) is 1. The maximum absolute atomic E-state index is 12.8. The number of β-amino-alcohol motifs (C(OH)–C–C–N with tert-alkyl or cyclic N) is 1. The number of nitrogens with zero attached hydrogens (tertiary/aromatic N) is 3. The molecule has 0 saturated carbocycles. The molecule has 0 bridgehead atoms. The van der Waals surface area contributed by atoms with Gasteiger partial charge >= 0.3 is 5.97 Å². The number of carbonyl (C=O) groups excluding carboxylic acids is 2. The Morgan fingerprint density at radius 1 is 1.14 bits per heavy atom. The van der Waals surface area contributed by atoms with Gasteiger partial charge in [-0.1, -0.05) is 0 Å². The molecule has 1 atom stereocenters. The lowest BCUT2D eigenvalue weighted by molar-refractivity contribution is -0.140. The molecule has 186 valence electrons. The minimum atomic E-state index is -0.692. The average Bonchev–Trinajstić information content (AvgIpc) is 3.32. The number of primary amides is 1. The van der Waals surface area contributed by atoms with Crippen LogP contribution in [0, 0.1) is 5.92 Å². The van der Waals surface area contributed by atoms with Crippen LogP contribution in [0.2, 0.25) is 0 Å². The van der Waals surface area contributed by atoms with Crippen LogP contribution in [-0.4, -0.2) is 58.6 Å². The van der Waals surface area contributed by atoms with Gasteiger partial charge in [0.15, 0.2) is 5.01 Å². The van der Waals surface area contributed by atoms with Crippen LogP contribution in [0.4, 0.5) is 0 Å². The number of likely N-dealkylation sites (tertiary alicyclic amines) is 1. The summed E-state index contributed by atoms with van der Waals surface area (Å²) in [4.78, 5) is 34.8. The Morgan fingerprint density at radius 3 is 2.64 bits per heavy atom. The normalized spacial score (nSPS) is 15.7. The summed E-state index contributed by atoms with van der Waals surface area (Å²) in [5.74, 6) is 0.0590. The molecule has 10 heteroatoms. The first kappa shape index (κ1) is 24.1. The lowest BCUT2D eigenvalue weighted by Gasteiger charge is -2.32. The van der Waals surface area contributed by atoms with Crippen LogP contribution < -0.4 is 15.2 Å². The minimum Gasteiger partial charge on any atom is -0.497 e. The van der Waals surface area contributed by atoms with Gasteiger partial charge in [0.2, 0.25) is 0 Å². The largest absolute Gasteiger partial charge is 0.497 e. The van der Waals surface area contributed by atoms with Gasteiger partial charge in [-0.15, -0.1) is 11.3 Å². The Bertz CT molecular complexity index is 1430. The zero-order valence-electron chi connectivity index (χ0n) is 19.7. The first-order chi connectivity index (χ1) is 17.4. The molecule has 0 aliphatic carbocycles. The number of aliphatic hydroxyl groups excluding tert-OH is 1. The molecule has 2 aromatic heterocycles. The Morgan fingerprint density at radius 2 is 1.89 bits per heavy atom. The molecular weight excluding hydrogens is 480 g/mol. The Labute approximate surface area is 211 Å². The van der Waals surface area contributed by atoms with Crippen molar-refractivity contribution in [3.63, 3.8) is 0 Å². The first-order valence-electron chi connectivity index (χ1n) is 11.7. The number of amides is 1. The number of carbonyl (C=O) groups is 2. The van der Waals surface area contributed by atoms with Crippen LogP contribution in [0.15, 0.2) is 48.7 Å². The number of thiazole rings is 1. The monoisotopic (exact) mass is 506 g/mol. The second-order valence-electron chi connectivity index (χ2n) is 8.81. The molecule has 2 aromatic carbocycles. The number of methoxy groups -OCH3 is 1. The molecule has 3 heterocycles. The van der Waals surface area contributed by atoms with Crippen LogP contribution in [0.3, 0.4) is 0 Å². The number of rotatable bonds is 7. The first-order valence-corrected chi connectivity index (χ1v) is 12.5. The van der Waals surface area contributed by atoms with Gasteiger partial charge in [-0.05, 0) is 67.9 Å². The number of pyridine rings is 1. The number of hydrogen-bond acceptors (Lipinski definition) is 9. The van der Waals surface area contributed by atoms with E-state index >= 15 is 0 Å². The van der Waals surface area contributed by atoms with Crippen molar-refractivity contribution in [2.45, 2.75) is 18.9 Å². The second kappa shape index (κ2) is 10.2. The summed E-state index contributed by atoms with van der Waals surface area (Å²) in [6.45, 7) is 1.82. The lowest BCUT2D eigenvalue weighted by atomic mass is 9.96. The summed E-state index contributed by atoms with van der Waals surface area (Å²) >= 11 is 1.17. The van der Waals surface area contributed by atoms with Gasteiger partial charge in [0, 0.05) is 24.2 Å². The molecule has 0 radical (unpaired) electrons. The highest BCUT2D eigenvalue weighted by Gasteiger charge is 2.28. The van der Waals surface area contributed by atoms with Gasteiger partial charge in [-0.2, -0.15) is 0 Å². The number of esters is 1. The van der Waals surface area contributed by atoms with Crippen molar-refractivity contribution in [3.8, 4) is 11.5 Å². The van der Waals surface area contributed by atoms with Gasteiger partial charge in [0.1, 0.15) is 11.5 Å². The van der Waals surface area contributed by atoms with Crippen molar-refractivity contribution < 1.29 is 24.2 Å². The standard InChI is InChI=1S/C26H26N4O5S/c1-34-16-2-4-20-19(12-16)18(6-9-28-20)22(31)14-30-10-7-15(8-11-30)26(33)35-17-3-5-21-23(13-17)36-25(29-21)24(27)32/h2-6,9,12-13,15,22,31H,7-8,10-11,14H2,1H3,(H2,27,32). The summed E-state index contributed by atoms with van der Waals surface area (Å²) in [7, 11) is 1.61. The fourth-order valence-corrected chi connectivity index (χ4v) is 5.38. The smallest absolute Gasteiger partial charge is 0.314 e. The predicted molar refractivity (Wildman–Crippen MR) is 136 cm³/mol. The molecule has 5 rings (SSSR count). The SMILES string of the molecule is COc1ccc2nccc(C(O)CN3CCC(C(=O)Oc4ccc5nc(C(N)=O)sc5c4)CC3)c2c1. The van der Waals surface area contributed by atoms with Gasteiger partial charge < -0.3 is 25.2 Å². The van der Waals surface area contributed by atoms with Crippen LogP contribution >= 0.6 is 11.3 Å². The van der Waals surface area contributed by atoms with Crippen LogP contribution in [0.25, 0.3) is 21.1 Å². The highest BCUT2D eigenvalue weighted by molar-refractivity contribution is 7.20. The Balaban J connectivity index is 1.18. The van der Waals surface area contributed by atoms with E-state index in [2.05, 4.69) is 14.9 Å². The molecule has 1 saturated heterocycles. The van der Waals surface area contributed by atoms with Gasteiger partial charge in [0.05, 0.1) is 34.9 Å². The zero-order chi connectivity index (χ0) is 25.2. The summed E-state index contributed by atoms with van der Waals surface area (Å²) < 4.78 is 11.7. The molecule has 1 aliphatic heterocycles. The van der Waals surface area contributed by atoms with E-state index in [0.717, 1.165) is 21.2 Å². The van der Waals surface area contributed by atoms with E-state index in [1.165, 1.54) is 11.3 Å². The molecule has 3 N–H and O–H groups in total. The third-order valence-electron chi connectivity index (χ3n) is 6.48. The number of ether oxygens (including phenoxy) is 2. The fourth-order valence-electron chi connectivity index (χ4n) is 4.53. The van der Waals surface area contributed by atoms with E-state index < -0.39 is 12.0 Å². The molecule has 9 nitrogen and oxygen atoms in total. The zero-order valence-corrected chi connectivity index (χ0v) is 20.5. The van der Waals surface area contributed by atoms with Crippen LogP contribution in [0.1, 0.15) is 34.3 Å². The number of piperidine rings is 1. The van der Waals surface area contributed by atoms with E-state index in [1.807, 2.05) is 24.3 Å². The number of fused-ring (bicyclic) bond motifs is 2. The van der Waals surface area contributed by atoms with E-state index in [1.54, 1.807) is 31.5 Å². The third kappa shape index (κ3) is 5.01. The number of aliphatic hydroxyl groups is 1. The van der Waals surface area contributed by atoms with Crippen LogP contribution in [-0.2, 0) is 4.79 Å². The number of hydrogen-bond donors (Lipinski definition) is 2. The fraction of sp³-hybridized carbons (Fsp3) is 0.308. The molecular formula is C26H26N4O5S. The molecule has 36 heavy (non-hydrogen) atoms. The molecule has 1 fully saturated rings. The van der Waals surface area contributed by atoms with Crippen molar-refractivity contribution in [1.82, 2.24) is 14.9 Å². The predicted octanol–water partition coefficient (Wildman–Crippen LogP) is 3.30. The topological polar surface area (TPSA) is 128 Å². The summed E-state index contributed by atoms with van der Waals surface area (Å²) in [5.41, 5.74) is 7.55. The van der Waals surface area contributed by atoms with Crippen molar-refractivity contribution in [2.75, 3.05) is 26.7 Å². The maximum Gasteiger partial charge on any atom is 0.314 e. The minimum absolute atomic E-state index is 0.220. The molecule has 1 unspecified atom stereocenters. The third-order valence-corrected chi connectivity index (χ3v) is 7.52. The second-order valence-corrected chi connectivity index (χ2v) is 9.84. The van der Waals surface area contributed by atoms with Crippen molar-refractivity contribution in [2.24, 2.45) is 11.7 Å². The molecule has 1 aliphatic rings. The molecule has 1 amide bonds. The highest BCUT2D eigenvalue weighted by Crippen LogP contribution is 2.30. The van der Waals surface area contributed by atoms with Crippen molar-refractivity contribution >= 4 is 44.3 Å². The van der Waals surface area contributed by atoms with E-state index in [0.29, 0.717) is 49.5 Å². The maximum atomic E-state index is 12.8. The molecule has 0 spiro atoms. The van der Waals surface area contributed by atoms with Gasteiger partial charge in [-0.25, -0.2) is 4.98 Å². The number of benzene rings is 2. The van der Waals surface area contributed by atoms with E-state index in [9.17, 15) is 14.7 Å².